The Morgan fingerprint density at radius 3 is 2.35 bits per heavy atom. The van der Waals surface area contributed by atoms with Crippen molar-refractivity contribution in [2.24, 2.45) is 5.73 Å². The Morgan fingerprint density at radius 2 is 1.94 bits per heavy atom. The summed E-state index contributed by atoms with van der Waals surface area (Å²) in [6.07, 6.45) is 0.866. The van der Waals surface area contributed by atoms with Crippen molar-refractivity contribution < 1.29 is 9.13 Å². The van der Waals surface area contributed by atoms with Crippen LogP contribution in [-0.2, 0) is 4.74 Å². The maximum absolute atomic E-state index is 12.9. The van der Waals surface area contributed by atoms with E-state index < -0.39 is 0 Å². The second-order valence-corrected chi connectivity index (χ2v) is 4.25. The molecular weight excluding hydrogens is 219 g/mol. The summed E-state index contributed by atoms with van der Waals surface area (Å²) in [4.78, 5) is 2.07. The van der Waals surface area contributed by atoms with Crippen LogP contribution in [0.2, 0.25) is 0 Å². The van der Waals surface area contributed by atoms with E-state index in [4.69, 9.17) is 10.5 Å². The van der Waals surface area contributed by atoms with Crippen molar-refractivity contribution in [1.29, 1.82) is 0 Å². The lowest BCUT2D eigenvalue weighted by Crippen LogP contribution is -2.55. The van der Waals surface area contributed by atoms with E-state index in [0.29, 0.717) is 13.2 Å². The van der Waals surface area contributed by atoms with Gasteiger partial charge in [0.15, 0.2) is 0 Å². The molecule has 17 heavy (non-hydrogen) atoms. The van der Waals surface area contributed by atoms with Crippen LogP contribution in [0.15, 0.2) is 24.3 Å². The van der Waals surface area contributed by atoms with Crippen LogP contribution < -0.4 is 10.6 Å². The zero-order valence-electron chi connectivity index (χ0n) is 10.7. The first-order valence-electron chi connectivity index (χ1n) is 5.78. The molecule has 1 rings (SSSR count). The van der Waals surface area contributed by atoms with Crippen LogP contribution in [0.5, 0.6) is 0 Å². The Balaban J connectivity index is 2.98. The van der Waals surface area contributed by atoms with Gasteiger partial charge in [-0.15, -0.1) is 0 Å². The number of benzene rings is 1. The van der Waals surface area contributed by atoms with Crippen LogP contribution >= 0.6 is 0 Å². The topological polar surface area (TPSA) is 38.5 Å². The van der Waals surface area contributed by atoms with E-state index in [9.17, 15) is 4.39 Å². The van der Waals surface area contributed by atoms with Crippen LogP contribution in [0.1, 0.15) is 13.3 Å². The molecule has 0 amide bonds. The first-order chi connectivity index (χ1) is 8.09. The fourth-order valence-electron chi connectivity index (χ4n) is 1.98. The standard InChI is InChI=1S/C13H21FN2O/c1-4-13(9-15,10-17-3)16(2)12-7-5-11(14)6-8-12/h5-8H,4,9-10,15H2,1-3H3. The van der Waals surface area contributed by atoms with E-state index in [1.165, 1.54) is 12.1 Å². The highest BCUT2D eigenvalue weighted by molar-refractivity contribution is 5.48. The molecule has 2 N–H and O–H groups in total. The number of hydrogen-bond donors (Lipinski definition) is 1. The summed E-state index contributed by atoms with van der Waals surface area (Å²) < 4.78 is 18.2. The van der Waals surface area contributed by atoms with E-state index >= 15 is 0 Å². The Hall–Kier alpha value is -1.13. The lowest BCUT2D eigenvalue weighted by molar-refractivity contribution is 0.130. The molecule has 1 aromatic carbocycles. The molecule has 1 aromatic rings. The molecule has 0 bridgehead atoms. The minimum Gasteiger partial charge on any atom is -0.382 e. The lowest BCUT2D eigenvalue weighted by atomic mass is 9.94. The number of nitrogens with zero attached hydrogens (tertiary/aromatic N) is 1. The van der Waals surface area contributed by atoms with E-state index in [0.717, 1.165) is 12.1 Å². The maximum Gasteiger partial charge on any atom is 0.123 e. The van der Waals surface area contributed by atoms with Gasteiger partial charge in [0.05, 0.1) is 12.1 Å². The lowest BCUT2D eigenvalue weighted by Gasteiger charge is -2.41. The van der Waals surface area contributed by atoms with E-state index in [2.05, 4.69) is 11.8 Å². The van der Waals surface area contributed by atoms with Gasteiger partial charge in [-0.2, -0.15) is 0 Å². The molecule has 0 aliphatic heterocycles. The molecule has 0 radical (unpaired) electrons. The van der Waals surface area contributed by atoms with Crippen LogP contribution in [0, 0.1) is 5.82 Å². The molecule has 0 saturated heterocycles. The molecule has 0 aliphatic rings. The van der Waals surface area contributed by atoms with Crippen molar-refractivity contribution in [3.63, 3.8) is 0 Å². The van der Waals surface area contributed by atoms with Gasteiger partial charge < -0.3 is 15.4 Å². The Morgan fingerprint density at radius 1 is 1.35 bits per heavy atom. The summed E-state index contributed by atoms with van der Waals surface area (Å²) in [5.74, 6) is -0.233. The zero-order chi connectivity index (χ0) is 12.9. The van der Waals surface area contributed by atoms with Crippen LogP contribution in [0.25, 0.3) is 0 Å². The van der Waals surface area contributed by atoms with Gasteiger partial charge in [0.25, 0.3) is 0 Å². The van der Waals surface area contributed by atoms with Crippen molar-refractivity contribution in [3.05, 3.63) is 30.1 Å². The maximum atomic E-state index is 12.9. The van der Waals surface area contributed by atoms with Gasteiger partial charge in [-0.1, -0.05) is 6.92 Å². The molecule has 0 aliphatic carbocycles. The molecule has 0 heterocycles. The van der Waals surface area contributed by atoms with E-state index in [-0.39, 0.29) is 11.4 Å². The summed E-state index contributed by atoms with van der Waals surface area (Å²) in [5, 5.41) is 0. The number of likely N-dealkylation sites (N-methyl/N-ethyl adjacent to an activating group) is 1. The molecule has 4 heteroatoms. The largest absolute Gasteiger partial charge is 0.382 e. The molecule has 0 aromatic heterocycles. The zero-order valence-corrected chi connectivity index (χ0v) is 10.7. The molecular formula is C13H21FN2O. The number of rotatable bonds is 6. The minimum atomic E-state index is -0.243. The van der Waals surface area contributed by atoms with Crippen LogP contribution in [0.3, 0.4) is 0 Å². The number of hydrogen-bond acceptors (Lipinski definition) is 3. The molecule has 0 fully saturated rings. The number of halogens is 1. The van der Waals surface area contributed by atoms with E-state index in [1.807, 2.05) is 7.05 Å². The van der Waals surface area contributed by atoms with E-state index in [1.54, 1.807) is 19.2 Å². The number of nitrogens with two attached hydrogens (primary N) is 1. The van der Waals surface area contributed by atoms with Crippen molar-refractivity contribution in [2.45, 2.75) is 18.9 Å². The summed E-state index contributed by atoms with van der Waals surface area (Å²) in [6, 6.07) is 6.42. The highest BCUT2D eigenvalue weighted by Crippen LogP contribution is 2.25. The van der Waals surface area contributed by atoms with Gasteiger partial charge in [-0.25, -0.2) is 4.39 Å². The fraction of sp³-hybridized carbons (Fsp3) is 0.538. The van der Waals surface area contributed by atoms with Crippen molar-refractivity contribution in [1.82, 2.24) is 0 Å². The molecule has 96 valence electrons. The fourth-order valence-corrected chi connectivity index (χ4v) is 1.98. The quantitative estimate of drug-likeness (QED) is 0.826. The first kappa shape index (κ1) is 13.9. The summed E-state index contributed by atoms with van der Waals surface area (Å²) in [7, 11) is 3.63. The Bertz CT molecular complexity index is 336. The Kier molecular flexibility index (Phi) is 4.90. The van der Waals surface area contributed by atoms with Gasteiger partial charge in [-0.3, -0.25) is 0 Å². The summed E-state index contributed by atoms with van der Waals surface area (Å²) >= 11 is 0. The van der Waals surface area contributed by atoms with Crippen molar-refractivity contribution >= 4 is 5.69 Å². The van der Waals surface area contributed by atoms with Gasteiger partial charge in [0, 0.05) is 26.4 Å². The summed E-state index contributed by atoms with van der Waals surface area (Å²) in [6.45, 7) is 3.12. The normalized spacial score (nSPS) is 14.4. The number of ether oxygens (including phenoxy) is 1. The van der Waals surface area contributed by atoms with Gasteiger partial charge in [-0.05, 0) is 30.7 Å². The monoisotopic (exact) mass is 240 g/mol. The first-order valence-corrected chi connectivity index (χ1v) is 5.78. The second-order valence-electron chi connectivity index (χ2n) is 4.25. The van der Waals surface area contributed by atoms with Crippen molar-refractivity contribution in [3.8, 4) is 0 Å². The number of methoxy groups -OCH3 is 1. The highest BCUT2D eigenvalue weighted by atomic mass is 19.1. The molecule has 3 nitrogen and oxygen atoms in total. The van der Waals surface area contributed by atoms with Gasteiger partial charge in [0.2, 0.25) is 0 Å². The molecule has 0 spiro atoms. The Labute approximate surface area is 102 Å². The number of anilines is 1. The third-order valence-corrected chi connectivity index (χ3v) is 3.38. The average molecular weight is 240 g/mol. The average Bonchev–Trinajstić information content (AvgIpc) is 2.36. The predicted molar refractivity (Wildman–Crippen MR) is 68.8 cm³/mol. The minimum absolute atomic E-state index is 0.233. The smallest absolute Gasteiger partial charge is 0.123 e. The highest BCUT2D eigenvalue weighted by Gasteiger charge is 2.31. The van der Waals surface area contributed by atoms with Gasteiger partial charge in [0.1, 0.15) is 5.82 Å². The third-order valence-electron chi connectivity index (χ3n) is 3.38. The molecule has 1 unspecified atom stereocenters. The summed E-state index contributed by atoms with van der Waals surface area (Å²) in [5.41, 5.74) is 6.57. The second kappa shape index (κ2) is 5.98. The van der Waals surface area contributed by atoms with Crippen LogP contribution in [0.4, 0.5) is 10.1 Å². The third kappa shape index (κ3) is 2.96. The molecule has 0 saturated carbocycles. The predicted octanol–water partition coefficient (Wildman–Crippen LogP) is 2.02. The van der Waals surface area contributed by atoms with Gasteiger partial charge >= 0.3 is 0 Å². The van der Waals surface area contributed by atoms with Crippen molar-refractivity contribution in [2.75, 3.05) is 32.2 Å². The molecule has 1 atom stereocenters. The van der Waals surface area contributed by atoms with Crippen LogP contribution in [-0.4, -0.2) is 32.8 Å². The SMILES string of the molecule is CCC(CN)(COC)N(C)c1ccc(F)cc1.